The van der Waals surface area contributed by atoms with Crippen LogP contribution in [0.15, 0.2) is 35.6 Å². The van der Waals surface area contributed by atoms with Gasteiger partial charge in [-0.15, -0.1) is 0 Å². The van der Waals surface area contributed by atoms with Crippen LogP contribution in [0, 0.1) is 11.7 Å². The fourth-order valence-electron chi connectivity index (χ4n) is 3.86. The van der Waals surface area contributed by atoms with Crippen molar-refractivity contribution in [2.75, 3.05) is 6.61 Å². The predicted octanol–water partition coefficient (Wildman–Crippen LogP) is 5.96. The summed E-state index contributed by atoms with van der Waals surface area (Å²) in [7, 11) is 0. The van der Waals surface area contributed by atoms with Crippen LogP contribution in [-0.4, -0.2) is 12.8 Å². The third-order valence-electron chi connectivity index (χ3n) is 5.87. The van der Waals surface area contributed by atoms with Crippen molar-refractivity contribution >= 4 is 11.8 Å². The monoisotopic (exact) mass is 370 g/mol. The summed E-state index contributed by atoms with van der Waals surface area (Å²) in [6, 6.07) is 3.81. The summed E-state index contributed by atoms with van der Waals surface area (Å²) in [4.78, 5) is 4.10. The lowest BCUT2D eigenvalue weighted by atomic mass is 9.79. The van der Waals surface area contributed by atoms with Crippen LogP contribution in [-0.2, 0) is 0 Å². The van der Waals surface area contributed by atoms with E-state index < -0.39 is 0 Å². The number of hydrogen-bond donors (Lipinski definition) is 1. The highest BCUT2D eigenvalue weighted by Gasteiger charge is 2.27. The molecule has 1 aromatic carbocycles. The molecule has 0 radical (unpaired) electrons. The third-order valence-corrected chi connectivity index (χ3v) is 5.87. The maximum absolute atomic E-state index is 15.4. The van der Waals surface area contributed by atoms with E-state index in [0.29, 0.717) is 41.1 Å². The zero-order valence-electron chi connectivity index (χ0n) is 16.3. The molecule has 2 saturated carbocycles. The number of nitrogens with two attached hydrogens (primary N) is 1. The topological polar surface area (TPSA) is 47.6 Å². The molecular formula is C23H31FN2O. The molecule has 0 unspecified atom stereocenters. The molecule has 0 aliphatic heterocycles. The molecule has 4 heteroatoms. The lowest BCUT2D eigenvalue weighted by Gasteiger charge is -2.29. The standard InChI is InChI=1S/C23H31FN2O/c1-3-21(25)26-14-16(2)19-12-13-20(18-10-7-11-18)23(22(19)24)27-15-17-8-5-4-6-9-17/h3,12-14,17-18H,2,4-11,15,25H2,1H3/b21-3-,26-14?. The second kappa shape index (κ2) is 9.20. The first-order chi connectivity index (χ1) is 13.1. The molecule has 0 heterocycles. The fourth-order valence-corrected chi connectivity index (χ4v) is 3.86. The number of aliphatic imine (C=N–C) groups is 1. The number of rotatable bonds is 7. The average molecular weight is 371 g/mol. The molecule has 0 spiro atoms. The molecular weight excluding hydrogens is 339 g/mol. The van der Waals surface area contributed by atoms with Gasteiger partial charge in [-0.05, 0) is 56.1 Å². The van der Waals surface area contributed by atoms with Crippen LogP contribution in [0.4, 0.5) is 4.39 Å². The van der Waals surface area contributed by atoms with Gasteiger partial charge in [0.1, 0.15) is 5.82 Å². The highest BCUT2D eigenvalue weighted by molar-refractivity contribution is 6.09. The summed E-state index contributed by atoms with van der Waals surface area (Å²) in [5.41, 5.74) is 7.64. The predicted molar refractivity (Wildman–Crippen MR) is 111 cm³/mol. The molecule has 2 N–H and O–H groups in total. The smallest absolute Gasteiger partial charge is 0.173 e. The van der Waals surface area contributed by atoms with Gasteiger partial charge < -0.3 is 10.5 Å². The average Bonchev–Trinajstić information content (AvgIpc) is 2.65. The van der Waals surface area contributed by atoms with E-state index in [0.717, 1.165) is 18.4 Å². The Kier molecular flexibility index (Phi) is 6.70. The number of hydrogen-bond acceptors (Lipinski definition) is 3. The van der Waals surface area contributed by atoms with E-state index in [-0.39, 0.29) is 5.82 Å². The van der Waals surface area contributed by atoms with Gasteiger partial charge in [0.2, 0.25) is 0 Å². The molecule has 3 nitrogen and oxygen atoms in total. The van der Waals surface area contributed by atoms with E-state index >= 15 is 4.39 Å². The van der Waals surface area contributed by atoms with Crippen molar-refractivity contribution in [1.82, 2.24) is 0 Å². The van der Waals surface area contributed by atoms with Gasteiger partial charge in [0, 0.05) is 17.3 Å². The van der Waals surface area contributed by atoms with Crippen LogP contribution in [0.1, 0.15) is 75.3 Å². The van der Waals surface area contributed by atoms with Crippen molar-refractivity contribution in [3.8, 4) is 5.75 Å². The van der Waals surface area contributed by atoms with Gasteiger partial charge >= 0.3 is 0 Å². The number of benzene rings is 1. The first-order valence-electron chi connectivity index (χ1n) is 10.2. The minimum Gasteiger partial charge on any atom is -0.490 e. The van der Waals surface area contributed by atoms with Gasteiger partial charge in [0.05, 0.1) is 6.61 Å². The summed E-state index contributed by atoms with van der Waals surface area (Å²) in [5.74, 6) is 1.45. The molecule has 1 aromatic rings. The van der Waals surface area contributed by atoms with Crippen LogP contribution in [0.25, 0.3) is 5.57 Å². The number of allylic oxidation sites excluding steroid dienone is 2. The highest BCUT2D eigenvalue weighted by atomic mass is 19.1. The molecule has 2 aliphatic rings. The van der Waals surface area contributed by atoms with Crippen molar-refractivity contribution in [2.45, 2.75) is 64.2 Å². The van der Waals surface area contributed by atoms with E-state index in [2.05, 4.69) is 11.6 Å². The van der Waals surface area contributed by atoms with Crippen LogP contribution < -0.4 is 10.5 Å². The molecule has 0 atom stereocenters. The molecule has 0 bridgehead atoms. The maximum Gasteiger partial charge on any atom is 0.173 e. The Labute approximate surface area is 162 Å². The van der Waals surface area contributed by atoms with Crippen molar-refractivity contribution in [2.24, 2.45) is 16.6 Å². The Bertz CT molecular complexity index is 728. The lowest BCUT2D eigenvalue weighted by Crippen LogP contribution is -2.18. The van der Waals surface area contributed by atoms with Gasteiger partial charge in [-0.3, -0.25) is 0 Å². The molecule has 0 aromatic heterocycles. The Morgan fingerprint density at radius 2 is 1.96 bits per heavy atom. The van der Waals surface area contributed by atoms with Gasteiger partial charge in [0.15, 0.2) is 11.6 Å². The van der Waals surface area contributed by atoms with E-state index in [9.17, 15) is 0 Å². The third kappa shape index (κ3) is 4.79. The van der Waals surface area contributed by atoms with Crippen molar-refractivity contribution in [1.29, 1.82) is 0 Å². The van der Waals surface area contributed by atoms with Crippen LogP contribution in [0.2, 0.25) is 0 Å². The first-order valence-corrected chi connectivity index (χ1v) is 10.2. The quantitative estimate of drug-likeness (QED) is 0.602. The van der Waals surface area contributed by atoms with Crippen LogP contribution in [0.5, 0.6) is 5.75 Å². The van der Waals surface area contributed by atoms with Gasteiger partial charge in [-0.25, -0.2) is 9.38 Å². The second-order valence-corrected chi connectivity index (χ2v) is 7.79. The Morgan fingerprint density at radius 3 is 2.59 bits per heavy atom. The minimum atomic E-state index is -0.314. The normalized spacial score (nSPS) is 19.3. The molecule has 2 aliphatic carbocycles. The second-order valence-electron chi connectivity index (χ2n) is 7.79. The lowest BCUT2D eigenvalue weighted by molar-refractivity contribution is 0.198. The maximum atomic E-state index is 15.4. The first kappa shape index (κ1) is 19.7. The van der Waals surface area contributed by atoms with Gasteiger partial charge in [-0.1, -0.05) is 44.4 Å². The number of halogens is 1. The summed E-state index contributed by atoms with van der Waals surface area (Å²) < 4.78 is 21.5. The van der Waals surface area contributed by atoms with E-state index in [1.165, 1.54) is 44.7 Å². The van der Waals surface area contributed by atoms with E-state index in [1.807, 2.05) is 6.07 Å². The summed E-state index contributed by atoms with van der Waals surface area (Å²) in [6.07, 6.45) is 12.8. The summed E-state index contributed by atoms with van der Waals surface area (Å²) >= 11 is 0. The Balaban J connectivity index is 1.83. The van der Waals surface area contributed by atoms with E-state index in [1.54, 1.807) is 19.1 Å². The molecule has 27 heavy (non-hydrogen) atoms. The minimum absolute atomic E-state index is 0.314. The molecule has 3 rings (SSSR count). The van der Waals surface area contributed by atoms with E-state index in [4.69, 9.17) is 10.5 Å². The van der Waals surface area contributed by atoms with Crippen LogP contribution in [0.3, 0.4) is 0 Å². The number of nitrogens with zero attached hydrogens (tertiary/aromatic N) is 1. The largest absolute Gasteiger partial charge is 0.490 e. The van der Waals surface area contributed by atoms with Crippen molar-refractivity contribution in [3.63, 3.8) is 0 Å². The highest BCUT2D eigenvalue weighted by Crippen LogP contribution is 2.43. The molecule has 2 fully saturated rings. The summed E-state index contributed by atoms with van der Waals surface area (Å²) in [5, 5.41) is 0. The number of ether oxygens (including phenoxy) is 1. The van der Waals surface area contributed by atoms with Crippen molar-refractivity contribution in [3.05, 3.63) is 47.6 Å². The molecule has 0 saturated heterocycles. The zero-order valence-corrected chi connectivity index (χ0v) is 16.3. The Hall–Kier alpha value is -2.10. The van der Waals surface area contributed by atoms with Gasteiger partial charge in [-0.2, -0.15) is 0 Å². The Morgan fingerprint density at radius 1 is 1.22 bits per heavy atom. The van der Waals surface area contributed by atoms with Gasteiger partial charge in [0.25, 0.3) is 0 Å². The molecule has 146 valence electrons. The van der Waals surface area contributed by atoms with Crippen molar-refractivity contribution < 1.29 is 9.13 Å². The SMILES string of the molecule is C=C(C=N/C(N)=C\C)c1ccc(C2CCC2)c(OCC2CCCCC2)c1F. The molecule has 0 amide bonds. The summed E-state index contributed by atoms with van der Waals surface area (Å²) in [6.45, 7) is 6.37. The van der Waals surface area contributed by atoms with Crippen LogP contribution >= 0.6 is 0 Å². The fraction of sp³-hybridized carbons (Fsp3) is 0.522. The zero-order chi connectivity index (χ0) is 19.2.